The van der Waals surface area contributed by atoms with E-state index in [-0.39, 0.29) is 5.91 Å². The second-order valence-electron chi connectivity index (χ2n) is 5.70. The quantitative estimate of drug-likeness (QED) is 0.783. The summed E-state index contributed by atoms with van der Waals surface area (Å²) in [6.07, 6.45) is 1.85. The van der Waals surface area contributed by atoms with E-state index in [2.05, 4.69) is 5.10 Å². The van der Waals surface area contributed by atoms with E-state index in [1.165, 1.54) is 5.01 Å². The Labute approximate surface area is 147 Å². The standard InChI is InChI=1S/C20H20N2O3/c1-14-18(20(23)22(21-14)17-7-5-4-6-8-17)12-15-9-10-19(25-3)16(11-15)13-24-2/h4-12H,13H2,1-3H3. The fraction of sp³-hybridized carbons (Fsp3) is 0.200. The number of amides is 1. The maximum absolute atomic E-state index is 12.7. The summed E-state index contributed by atoms with van der Waals surface area (Å²) in [7, 11) is 3.27. The highest BCUT2D eigenvalue weighted by atomic mass is 16.5. The van der Waals surface area contributed by atoms with Crippen molar-refractivity contribution in [2.75, 3.05) is 19.2 Å². The Bertz CT molecular complexity index is 841. The maximum atomic E-state index is 12.7. The molecule has 0 radical (unpaired) electrons. The minimum Gasteiger partial charge on any atom is -0.496 e. The smallest absolute Gasteiger partial charge is 0.280 e. The van der Waals surface area contributed by atoms with Crippen LogP contribution in [0.2, 0.25) is 0 Å². The molecule has 0 saturated carbocycles. The molecular weight excluding hydrogens is 316 g/mol. The van der Waals surface area contributed by atoms with E-state index in [1.54, 1.807) is 14.2 Å². The number of rotatable bonds is 5. The lowest BCUT2D eigenvalue weighted by atomic mass is 10.0. The van der Waals surface area contributed by atoms with Gasteiger partial charge in [0.05, 0.1) is 30.7 Å². The maximum Gasteiger partial charge on any atom is 0.280 e. The molecule has 25 heavy (non-hydrogen) atoms. The number of hydrogen-bond donors (Lipinski definition) is 0. The van der Waals surface area contributed by atoms with E-state index in [0.29, 0.717) is 17.9 Å². The Morgan fingerprint density at radius 1 is 1.12 bits per heavy atom. The fourth-order valence-corrected chi connectivity index (χ4v) is 2.75. The van der Waals surface area contributed by atoms with Crippen LogP contribution >= 0.6 is 0 Å². The van der Waals surface area contributed by atoms with Crippen molar-refractivity contribution in [1.82, 2.24) is 0 Å². The molecule has 0 unspecified atom stereocenters. The van der Waals surface area contributed by atoms with Crippen molar-refractivity contribution in [3.05, 3.63) is 65.2 Å². The highest BCUT2D eigenvalue weighted by molar-refractivity contribution is 6.32. The molecule has 2 aromatic carbocycles. The normalized spacial score (nSPS) is 15.6. The SMILES string of the molecule is COCc1cc(C=C2C(=O)N(c3ccccc3)N=C2C)ccc1OC. The molecule has 0 atom stereocenters. The monoisotopic (exact) mass is 336 g/mol. The third kappa shape index (κ3) is 3.46. The molecule has 2 aromatic rings. The van der Waals surface area contributed by atoms with Gasteiger partial charge in [0.1, 0.15) is 5.75 Å². The third-order valence-electron chi connectivity index (χ3n) is 3.98. The highest BCUT2D eigenvalue weighted by Crippen LogP contribution is 2.26. The topological polar surface area (TPSA) is 51.1 Å². The number of methoxy groups -OCH3 is 2. The van der Waals surface area contributed by atoms with Crippen LogP contribution in [-0.2, 0) is 16.1 Å². The lowest BCUT2D eigenvalue weighted by Crippen LogP contribution is -2.21. The number of para-hydroxylation sites is 1. The molecule has 3 rings (SSSR count). The van der Waals surface area contributed by atoms with Crippen LogP contribution in [0.3, 0.4) is 0 Å². The Kier molecular flexibility index (Phi) is 4.95. The summed E-state index contributed by atoms with van der Waals surface area (Å²) in [4.78, 5) is 12.7. The van der Waals surface area contributed by atoms with Crippen LogP contribution in [0.5, 0.6) is 5.75 Å². The summed E-state index contributed by atoms with van der Waals surface area (Å²) in [5.74, 6) is 0.630. The molecule has 5 heteroatoms. The lowest BCUT2D eigenvalue weighted by molar-refractivity contribution is -0.114. The molecule has 0 aromatic heterocycles. The summed E-state index contributed by atoms with van der Waals surface area (Å²) in [6, 6.07) is 15.2. The van der Waals surface area contributed by atoms with Gasteiger partial charge in [-0.25, -0.2) is 0 Å². The Morgan fingerprint density at radius 2 is 1.88 bits per heavy atom. The zero-order valence-electron chi connectivity index (χ0n) is 14.5. The zero-order chi connectivity index (χ0) is 17.8. The van der Waals surface area contributed by atoms with Gasteiger partial charge in [-0.05, 0) is 42.8 Å². The summed E-state index contributed by atoms with van der Waals surface area (Å²) >= 11 is 0. The van der Waals surface area contributed by atoms with E-state index in [9.17, 15) is 4.79 Å². The van der Waals surface area contributed by atoms with Gasteiger partial charge in [-0.3, -0.25) is 4.79 Å². The molecule has 1 amide bonds. The molecule has 0 bridgehead atoms. The van der Waals surface area contributed by atoms with Crippen molar-refractivity contribution < 1.29 is 14.3 Å². The molecule has 1 heterocycles. The van der Waals surface area contributed by atoms with Crippen molar-refractivity contribution >= 4 is 23.4 Å². The van der Waals surface area contributed by atoms with E-state index < -0.39 is 0 Å². The number of ether oxygens (including phenoxy) is 2. The molecule has 1 aliphatic rings. The zero-order valence-corrected chi connectivity index (χ0v) is 14.5. The van der Waals surface area contributed by atoms with Crippen LogP contribution in [0.4, 0.5) is 5.69 Å². The average molecular weight is 336 g/mol. The van der Waals surface area contributed by atoms with Crippen LogP contribution in [-0.4, -0.2) is 25.8 Å². The second-order valence-corrected chi connectivity index (χ2v) is 5.70. The summed E-state index contributed by atoms with van der Waals surface area (Å²) in [5.41, 5.74) is 3.86. The van der Waals surface area contributed by atoms with Gasteiger partial charge in [0.2, 0.25) is 0 Å². The Morgan fingerprint density at radius 3 is 2.56 bits per heavy atom. The molecule has 5 nitrogen and oxygen atoms in total. The number of hydrazone groups is 1. The Balaban J connectivity index is 1.93. The number of carbonyl (C=O) groups excluding carboxylic acids is 1. The first kappa shape index (κ1) is 16.9. The van der Waals surface area contributed by atoms with Gasteiger partial charge in [-0.2, -0.15) is 10.1 Å². The minimum absolute atomic E-state index is 0.132. The molecule has 0 spiro atoms. The van der Waals surface area contributed by atoms with Crippen molar-refractivity contribution in [1.29, 1.82) is 0 Å². The number of benzene rings is 2. The van der Waals surface area contributed by atoms with Gasteiger partial charge >= 0.3 is 0 Å². The van der Waals surface area contributed by atoms with Crippen LogP contribution in [0.25, 0.3) is 6.08 Å². The molecular formula is C20H20N2O3. The first-order valence-corrected chi connectivity index (χ1v) is 7.96. The molecule has 0 N–H and O–H groups in total. The summed E-state index contributed by atoms with van der Waals surface area (Å²) in [5, 5.41) is 5.82. The highest BCUT2D eigenvalue weighted by Gasteiger charge is 2.28. The predicted octanol–water partition coefficient (Wildman–Crippen LogP) is 3.65. The predicted molar refractivity (Wildman–Crippen MR) is 98.7 cm³/mol. The van der Waals surface area contributed by atoms with Crippen molar-refractivity contribution in [2.24, 2.45) is 5.10 Å². The molecule has 0 saturated heterocycles. The number of anilines is 1. The molecule has 128 valence electrons. The number of hydrogen-bond acceptors (Lipinski definition) is 4. The minimum atomic E-state index is -0.132. The van der Waals surface area contributed by atoms with Crippen molar-refractivity contribution in [3.8, 4) is 5.75 Å². The van der Waals surface area contributed by atoms with Crippen LogP contribution in [0.15, 0.2) is 59.2 Å². The van der Waals surface area contributed by atoms with Gasteiger partial charge in [-0.1, -0.05) is 24.3 Å². The van der Waals surface area contributed by atoms with Gasteiger partial charge < -0.3 is 9.47 Å². The number of carbonyl (C=O) groups is 1. The molecule has 0 fully saturated rings. The Hall–Kier alpha value is -2.92. The fourth-order valence-electron chi connectivity index (χ4n) is 2.75. The van der Waals surface area contributed by atoms with Gasteiger partial charge in [0.15, 0.2) is 0 Å². The number of nitrogens with zero attached hydrogens (tertiary/aromatic N) is 2. The largest absolute Gasteiger partial charge is 0.496 e. The first-order chi connectivity index (χ1) is 12.1. The van der Waals surface area contributed by atoms with Crippen LogP contribution in [0.1, 0.15) is 18.1 Å². The van der Waals surface area contributed by atoms with Crippen LogP contribution in [0, 0.1) is 0 Å². The second kappa shape index (κ2) is 7.32. The molecule has 1 aliphatic heterocycles. The molecule has 0 aliphatic carbocycles. The van der Waals surface area contributed by atoms with Gasteiger partial charge in [-0.15, -0.1) is 0 Å². The third-order valence-corrected chi connectivity index (χ3v) is 3.98. The van der Waals surface area contributed by atoms with E-state index in [0.717, 1.165) is 22.6 Å². The van der Waals surface area contributed by atoms with Gasteiger partial charge in [0.25, 0.3) is 5.91 Å². The van der Waals surface area contributed by atoms with Crippen LogP contribution < -0.4 is 9.75 Å². The van der Waals surface area contributed by atoms with E-state index >= 15 is 0 Å². The summed E-state index contributed by atoms with van der Waals surface area (Å²) < 4.78 is 10.6. The van der Waals surface area contributed by atoms with Gasteiger partial charge in [0, 0.05) is 12.7 Å². The summed E-state index contributed by atoms with van der Waals surface area (Å²) in [6.45, 7) is 2.28. The average Bonchev–Trinajstić information content (AvgIpc) is 2.91. The van der Waals surface area contributed by atoms with Crippen molar-refractivity contribution in [3.63, 3.8) is 0 Å². The first-order valence-electron chi connectivity index (χ1n) is 7.96. The van der Waals surface area contributed by atoms with E-state index in [1.807, 2.05) is 61.5 Å². The lowest BCUT2D eigenvalue weighted by Gasteiger charge is -2.11. The van der Waals surface area contributed by atoms with E-state index in [4.69, 9.17) is 9.47 Å². The van der Waals surface area contributed by atoms with Crippen molar-refractivity contribution in [2.45, 2.75) is 13.5 Å².